The Bertz CT molecular complexity index is 366. The van der Waals surface area contributed by atoms with Gasteiger partial charge in [-0.05, 0) is 41.5 Å². The van der Waals surface area contributed by atoms with E-state index in [0.29, 0.717) is 17.9 Å². The zero-order valence-corrected chi connectivity index (χ0v) is 10.9. The minimum atomic E-state index is 0.544. The van der Waals surface area contributed by atoms with E-state index in [0.717, 1.165) is 6.54 Å². The second kappa shape index (κ2) is 4.58. The fourth-order valence-electron chi connectivity index (χ4n) is 2.80. The second-order valence-electron chi connectivity index (χ2n) is 5.50. The molecule has 1 heterocycles. The summed E-state index contributed by atoms with van der Waals surface area (Å²) in [6, 6.07) is 7.36. The molecular formula is C15H23N. The van der Waals surface area contributed by atoms with Crippen LogP contribution in [0.5, 0.6) is 0 Å². The molecule has 1 nitrogen and oxygen atoms in total. The Morgan fingerprint density at radius 2 is 1.94 bits per heavy atom. The van der Waals surface area contributed by atoms with Gasteiger partial charge in [0.25, 0.3) is 0 Å². The van der Waals surface area contributed by atoms with Crippen molar-refractivity contribution in [3.63, 3.8) is 0 Å². The third kappa shape index (κ3) is 2.01. The highest BCUT2D eigenvalue weighted by Crippen LogP contribution is 2.33. The van der Waals surface area contributed by atoms with E-state index < -0.39 is 0 Å². The molecule has 1 heteroatoms. The van der Waals surface area contributed by atoms with Crippen LogP contribution in [0.25, 0.3) is 0 Å². The van der Waals surface area contributed by atoms with Gasteiger partial charge < -0.3 is 5.32 Å². The summed E-state index contributed by atoms with van der Waals surface area (Å²) in [5.74, 6) is 1.31. The van der Waals surface area contributed by atoms with Crippen LogP contribution >= 0.6 is 0 Å². The third-order valence-corrected chi connectivity index (χ3v) is 3.61. The predicted molar refractivity (Wildman–Crippen MR) is 69.8 cm³/mol. The maximum Gasteiger partial charge on any atom is 0.0346 e. The minimum Gasteiger partial charge on any atom is -0.309 e. The Hall–Kier alpha value is -0.820. The molecule has 1 aromatic rings. The molecule has 0 fully saturated rings. The molecule has 1 aliphatic heterocycles. The van der Waals surface area contributed by atoms with Gasteiger partial charge in [0.05, 0.1) is 0 Å². The van der Waals surface area contributed by atoms with Crippen LogP contribution in [0.4, 0.5) is 0 Å². The van der Waals surface area contributed by atoms with Crippen molar-refractivity contribution in [3.05, 3.63) is 34.9 Å². The normalized spacial score (nSPS) is 20.2. The van der Waals surface area contributed by atoms with Crippen LogP contribution in [0, 0.1) is 5.92 Å². The van der Waals surface area contributed by atoms with E-state index in [1.165, 1.54) is 12.0 Å². The Kier molecular flexibility index (Phi) is 3.34. The van der Waals surface area contributed by atoms with Crippen molar-refractivity contribution >= 4 is 0 Å². The first-order valence-electron chi connectivity index (χ1n) is 6.46. The molecule has 0 saturated heterocycles. The lowest BCUT2D eigenvalue weighted by Gasteiger charge is -2.32. The van der Waals surface area contributed by atoms with Gasteiger partial charge in [-0.15, -0.1) is 0 Å². The molecular weight excluding hydrogens is 194 g/mol. The average molecular weight is 217 g/mol. The van der Waals surface area contributed by atoms with E-state index in [9.17, 15) is 0 Å². The number of hydrogen-bond acceptors (Lipinski definition) is 1. The van der Waals surface area contributed by atoms with Crippen LogP contribution < -0.4 is 5.32 Å². The summed E-state index contributed by atoms with van der Waals surface area (Å²) in [5, 5.41) is 3.64. The van der Waals surface area contributed by atoms with Crippen molar-refractivity contribution in [2.24, 2.45) is 5.92 Å². The van der Waals surface area contributed by atoms with Crippen molar-refractivity contribution in [2.75, 3.05) is 6.54 Å². The van der Waals surface area contributed by atoms with Crippen molar-refractivity contribution in [2.45, 2.75) is 46.1 Å². The van der Waals surface area contributed by atoms with Gasteiger partial charge in [-0.25, -0.2) is 0 Å². The molecule has 88 valence electrons. The van der Waals surface area contributed by atoms with E-state index in [2.05, 4.69) is 51.2 Å². The molecule has 0 aromatic heterocycles. The number of rotatable bonds is 2. The van der Waals surface area contributed by atoms with Crippen molar-refractivity contribution in [1.29, 1.82) is 0 Å². The molecule has 2 rings (SSSR count). The van der Waals surface area contributed by atoms with Gasteiger partial charge in [-0.2, -0.15) is 0 Å². The quantitative estimate of drug-likeness (QED) is 0.797. The third-order valence-electron chi connectivity index (χ3n) is 3.61. The fraction of sp³-hybridized carbons (Fsp3) is 0.600. The largest absolute Gasteiger partial charge is 0.309 e. The lowest BCUT2D eigenvalue weighted by molar-refractivity contribution is 0.394. The molecule has 1 N–H and O–H groups in total. The second-order valence-corrected chi connectivity index (χ2v) is 5.50. The van der Waals surface area contributed by atoms with Crippen molar-refractivity contribution in [1.82, 2.24) is 5.32 Å². The number of benzene rings is 1. The monoisotopic (exact) mass is 217 g/mol. The summed E-state index contributed by atoms with van der Waals surface area (Å²) in [6.07, 6.45) is 1.19. The van der Waals surface area contributed by atoms with Gasteiger partial charge in [0.15, 0.2) is 0 Å². The van der Waals surface area contributed by atoms with Gasteiger partial charge in [0.1, 0.15) is 0 Å². The summed E-state index contributed by atoms with van der Waals surface area (Å²) >= 11 is 0. The standard InChI is InChI=1S/C15H23N/c1-10(2)12-6-5-7-14-13(12)8-9-16-15(14)11(3)4/h5-7,10-11,15-16H,8-9H2,1-4H3. The highest BCUT2D eigenvalue weighted by molar-refractivity contribution is 5.41. The lowest BCUT2D eigenvalue weighted by Crippen LogP contribution is -2.33. The maximum absolute atomic E-state index is 3.64. The summed E-state index contributed by atoms with van der Waals surface area (Å²) in [6.45, 7) is 10.3. The van der Waals surface area contributed by atoms with Crippen LogP contribution in [0.3, 0.4) is 0 Å². The summed E-state index contributed by atoms with van der Waals surface area (Å²) in [5.41, 5.74) is 4.69. The Morgan fingerprint density at radius 3 is 2.56 bits per heavy atom. The van der Waals surface area contributed by atoms with E-state index in [1.807, 2.05) is 0 Å². The van der Waals surface area contributed by atoms with Crippen LogP contribution in [0.1, 0.15) is 56.3 Å². The number of hydrogen-bond donors (Lipinski definition) is 1. The molecule has 16 heavy (non-hydrogen) atoms. The maximum atomic E-state index is 3.64. The van der Waals surface area contributed by atoms with Gasteiger partial charge >= 0.3 is 0 Å². The first-order chi connectivity index (χ1) is 7.61. The summed E-state index contributed by atoms with van der Waals surface area (Å²) < 4.78 is 0. The van der Waals surface area contributed by atoms with Crippen LogP contribution in [-0.4, -0.2) is 6.54 Å². The molecule has 0 radical (unpaired) electrons. The first kappa shape index (κ1) is 11.7. The highest BCUT2D eigenvalue weighted by Gasteiger charge is 2.24. The SMILES string of the molecule is CC(C)c1cccc2c1CCNC2C(C)C. The highest BCUT2D eigenvalue weighted by atomic mass is 14.9. The molecule has 1 aliphatic rings. The molecule has 1 aromatic carbocycles. The average Bonchev–Trinajstić information content (AvgIpc) is 2.27. The van der Waals surface area contributed by atoms with Gasteiger partial charge in [0, 0.05) is 6.04 Å². The van der Waals surface area contributed by atoms with E-state index in [4.69, 9.17) is 0 Å². The zero-order chi connectivity index (χ0) is 11.7. The molecule has 1 unspecified atom stereocenters. The topological polar surface area (TPSA) is 12.0 Å². The van der Waals surface area contributed by atoms with Gasteiger partial charge in [-0.1, -0.05) is 45.9 Å². The lowest BCUT2D eigenvalue weighted by atomic mass is 9.83. The van der Waals surface area contributed by atoms with Gasteiger partial charge in [0.2, 0.25) is 0 Å². The number of nitrogens with one attached hydrogen (secondary N) is 1. The van der Waals surface area contributed by atoms with Crippen molar-refractivity contribution < 1.29 is 0 Å². The molecule has 1 atom stereocenters. The zero-order valence-electron chi connectivity index (χ0n) is 10.9. The fourth-order valence-corrected chi connectivity index (χ4v) is 2.80. The van der Waals surface area contributed by atoms with Crippen LogP contribution in [0.2, 0.25) is 0 Å². The summed E-state index contributed by atoms with van der Waals surface area (Å²) in [4.78, 5) is 0. The number of fused-ring (bicyclic) bond motifs is 1. The minimum absolute atomic E-state index is 0.544. The van der Waals surface area contributed by atoms with E-state index in [-0.39, 0.29) is 0 Å². The Labute approximate surface area is 99.3 Å². The van der Waals surface area contributed by atoms with Crippen LogP contribution in [-0.2, 0) is 6.42 Å². The first-order valence-corrected chi connectivity index (χ1v) is 6.46. The smallest absolute Gasteiger partial charge is 0.0346 e. The molecule has 0 saturated carbocycles. The Balaban J connectivity index is 2.46. The Morgan fingerprint density at radius 1 is 1.19 bits per heavy atom. The van der Waals surface area contributed by atoms with Crippen LogP contribution in [0.15, 0.2) is 18.2 Å². The molecule has 0 amide bonds. The molecule has 0 bridgehead atoms. The molecule has 0 aliphatic carbocycles. The van der Waals surface area contributed by atoms with Gasteiger partial charge in [-0.3, -0.25) is 0 Å². The van der Waals surface area contributed by atoms with E-state index in [1.54, 1.807) is 11.1 Å². The molecule has 0 spiro atoms. The van der Waals surface area contributed by atoms with Crippen molar-refractivity contribution in [3.8, 4) is 0 Å². The summed E-state index contributed by atoms with van der Waals surface area (Å²) in [7, 11) is 0. The van der Waals surface area contributed by atoms with E-state index >= 15 is 0 Å². The predicted octanol–water partition coefficient (Wildman–Crippen LogP) is 3.65.